The van der Waals surface area contributed by atoms with Crippen molar-refractivity contribution >= 4 is 30.7 Å². The summed E-state index contributed by atoms with van der Waals surface area (Å²) >= 11 is 0. The molecule has 1 rings (SSSR count). The maximum Gasteiger partial charge on any atom is 0.192 e. The van der Waals surface area contributed by atoms with E-state index in [0.717, 1.165) is 32.1 Å². The Morgan fingerprint density at radius 2 is 1.28 bits per heavy atom. The highest BCUT2D eigenvalue weighted by Gasteiger charge is 2.50. The van der Waals surface area contributed by atoms with Crippen molar-refractivity contribution in [3.05, 3.63) is 24.3 Å². The lowest BCUT2D eigenvalue weighted by molar-refractivity contribution is -0.117. The van der Waals surface area contributed by atoms with Gasteiger partial charge in [0.2, 0.25) is 0 Å². The smallest absolute Gasteiger partial charge is 0.192 e. The van der Waals surface area contributed by atoms with Crippen molar-refractivity contribution in [3.63, 3.8) is 0 Å². The van der Waals surface area contributed by atoms with Crippen LogP contribution in [0.25, 0.3) is 0 Å². The summed E-state index contributed by atoms with van der Waals surface area (Å²) in [6, 6.07) is 0. The molecule has 46 heavy (non-hydrogen) atoms. The number of allylic oxidation sites excluding steroid dienone is 2. The lowest BCUT2D eigenvalue weighted by Crippen LogP contribution is -2.45. The van der Waals surface area contributed by atoms with Crippen molar-refractivity contribution in [3.8, 4) is 0 Å². The monoisotopic (exact) mass is 695 g/mol. The van der Waals surface area contributed by atoms with Gasteiger partial charge in [-0.05, 0) is 99.3 Å². The molecule has 0 bridgehead atoms. The lowest BCUT2D eigenvalue weighted by Gasteiger charge is -2.40. The minimum Gasteiger partial charge on any atom is -0.414 e. The standard InChI is InChI=1S/C39H78O4Si3/c1-18-19-22-26-32(41-44(12,13)37(3,4)5)28-29-34-33(27-24-21-20-23-25-31(2)40)35(42-45(14,15)38(6,7)8)30-36(34)43-46(16,17)39(9,10)11/h21,24,28-29,32-36H,18-20,22-23,25-27,30H2,1-17H3/t32?,33-,34-,35+,36-/m1/s1. The molecule has 0 amide bonds. The summed E-state index contributed by atoms with van der Waals surface area (Å²) in [4.78, 5) is 11.5. The second-order valence-electron chi connectivity index (χ2n) is 18.9. The predicted octanol–water partition coefficient (Wildman–Crippen LogP) is 12.6. The highest BCUT2D eigenvalue weighted by molar-refractivity contribution is 6.75. The topological polar surface area (TPSA) is 44.8 Å². The fourth-order valence-corrected chi connectivity index (χ4v) is 9.52. The second-order valence-corrected chi connectivity index (χ2v) is 33.2. The third-order valence-electron chi connectivity index (χ3n) is 11.7. The van der Waals surface area contributed by atoms with Gasteiger partial charge in [-0.15, -0.1) is 0 Å². The molecule has 1 aliphatic rings. The Morgan fingerprint density at radius 1 is 0.761 bits per heavy atom. The molecule has 0 aromatic heterocycles. The molecule has 0 N–H and O–H groups in total. The van der Waals surface area contributed by atoms with Crippen LogP contribution in [0.5, 0.6) is 0 Å². The number of hydrogen-bond donors (Lipinski definition) is 0. The molecule has 1 aliphatic carbocycles. The van der Waals surface area contributed by atoms with Crippen LogP contribution < -0.4 is 0 Å². The Kier molecular flexibility index (Phi) is 16.7. The number of ketones is 1. The molecule has 1 fully saturated rings. The van der Waals surface area contributed by atoms with Gasteiger partial charge in [-0.1, -0.05) is 113 Å². The van der Waals surface area contributed by atoms with Gasteiger partial charge in [-0.25, -0.2) is 0 Å². The number of carbonyl (C=O) groups is 1. The van der Waals surface area contributed by atoms with Crippen LogP contribution in [0, 0.1) is 11.8 Å². The van der Waals surface area contributed by atoms with E-state index in [-0.39, 0.29) is 45.1 Å². The zero-order valence-corrected chi connectivity index (χ0v) is 36.7. The molecule has 270 valence electrons. The van der Waals surface area contributed by atoms with E-state index >= 15 is 0 Å². The van der Waals surface area contributed by atoms with Gasteiger partial charge in [0, 0.05) is 12.3 Å². The minimum absolute atomic E-state index is 0.129. The van der Waals surface area contributed by atoms with Gasteiger partial charge in [-0.2, -0.15) is 0 Å². The van der Waals surface area contributed by atoms with Crippen LogP contribution in [0.15, 0.2) is 24.3 Å². The van der Waals surface area contributed by atoms with E-state index in [1.807, 2.05) is 0 Å². The van der Waals surface area contributed by atoms with Crippen molar-refractivity contribution < 1.29 is 18.1 Å². The van der Waals surface area contributed by atoms with E-state index < -0.39 is 25.0 Å². The summed E-state index contributed by atoms with van der Waals surface area (Å²) in [6.45, 7) is 39.4. The summed E-state index contributed by atoms with van der Waals surface area (Å²) in [5.41, 5.74) is 0. The molecule has 0 aliphatic heterocycles. The van der Waals surface area contributed by atoms with E-state index in [1.54, 1.807) is 6.92 Å². The maximum absolute atomic E-state index is 11.5. The normalized spacial score (nSPS) is 23.2. The molecule has 7 heteroatoms. The van der Waals surface area contributed by atoms with Gasteiger partial charge >= 0.3 is 0 Å². The van der Waals surface area contributed by atoms with Crippen LogP contribution in [-0.2, 0) is 18.1 Å². The average Bonchev–Trinajstić information content (AvgIpc) is 3.16. The van der Waals surface area contributed by atoms with Gasteiger partial charge in [0.25, 0.3) is 0 Å². The largest absolute Gasteiger partial charge is 0.414 e. The molecule has 0 heterocycles. The third kappa shape index (κ3) is 13.5. The first-order valence-corrected chi connectivity index (χ1v) is 27.3. The zero-order valence-electron chi connectivity index (χ0n) is 33.7. The first-order chi connectivity index (χ1) is 20.8. The van der Waals surface area contributed by atoms with Crippen LogP contribution in [0.2, 0.25) is 54.4 Å². The number of hydrogen-bond acceptors (Lipinski definition) is 4. The quantitative estimate of drug-likeness (QED) is 0.0814. The van der Waals surface area contributed by atoms with Crippen LogP contribution in [0.1, 0.15) is 134 Å². The van der Waals surface area contributed by atoms with Crippen molar-refractivity contribution in [1.29, 1.82) is 0 Å². The zero-order chi connectivity index (χ0) is 35.8. The average molecular weight is 695 g/mol. The predicted molar refractivity (Wildman–Crippen MR) is 209 cm³/mol. The van der Waals surface area contributed by atoms with Gasteiger partial charge < -0.3 is 18.1 Å². The molecule has 4 nitrogen and oxygen atoms in total. The summed E-state index contributed by atoms with van der Waals surface area (Å²) in [7, 11) is -5.97. The van der Waals surface area contributed by atoms with E-state index in [2.05, 4.69) is 133 Å². The van der Waals surface area contributed by atoms with Gasteiger partial charge in [0.05, 0.1) is 18.3 Å². The van der Waals surface area contributed by atoms with E-state index in [4.69, 9.17) is 13.3 Å². The van der Waals surface area contributed by atoms with Crippen molar-refractivity contribution in [2.45, 2.75) is 207 Å². The molecule has 1 unspecified atom stereocenters. The van der Waals surface area contributed by atoms with E-state index in [9.17, 15) is 4.79 Å². The SMILES string of the molecule is CCCCCC(C=C[C@@H]1[C@@H](CC=CCCCC(C)=O)[C@@H](O[Si](C)(C)C(C)(C)C)C[C@H]1O[Si](C)(C)C(C)(C)C)O[Si](C)(C)C(C)(C)C. The van der Waals surface area contributed by atoms with Crippen LogP contribution in [0.4, 0.5) is 0 Å². The van der Waals surface area contributed by atoms with Gasteiger partial charge in [0.15, 0.2) is 25.0 Å². The minimum atomic E-state index is -2.02. The molecular weight excluding hydrogens is 617 g/mol. The Hall–Kier alpha value is -0.319. The summed E-state index contributed by atoms with van der Waals surface area (Å²) in [6.07, 6.45) is 19.2. The van der Waals surface area contributed by atoms with Gasteiger partial charge in [-0.3, -0.25) is 0 Å². The molecule has 0 saturated heterocycles. The summed E-state index contributed by atoms with van der Waals surface area (Å²) < 4.78 is 21.7. The fraction of sp³-hybridized carbons (Fsp3) is 0.872. The molecule has 5 atom stereocenters. The second kappa shape index (κ2) is 17.6. The molecule has 0 aromatic carbocycles. The molecular formula is C39H78O4Si3. The fourth-order valence-electron chi connectivity index (χ4n) is 5.47. The van der Waals surface area contributed by atoms with Crippen LogP contribution in [-0.4, -0.2) is 49.0 Å². The number of Topliss-reactive ketones (excluding diaryl/α,β-unsaturated/α-hetero) is 1. The van der Waals surface area contributed by atoms with Crippen LogP contribution in [0.3, 0.4) is 0 Å². The first-order valence-electron chi connectivity index (χ1n) is 18.6. The Balaban J connectivity index is 3.61. The Bertz CT molecular complexity index is 979. The lowest BCUT2D eigenvalue weighted by atomic mass is 9.89. The van der Waals surface area contributed by atoms with Crippen LogP contribution >= 0.6 is 0 Å². The number of carbonyl (C=O) groups excluding carboxylic acids is 1. The number of unbranched alkanes of at least 4 members (excludes halogenated alkanes) is 3. The highest BCUT2D eigenvalue weighted by atomic mass is 28.4. The Labute approximate surface area is 290 Å². The summed E-state index contributed by atoms with van der Waals surface area (Å²) in [5, 5.41) is 0.452. The van der Waals surface area contributed by atoms with Gasteiger partial charge in [0.1, 0.15) is 5.78 Å². The molecule has 0 aromatic rings. The molecule has 0 spiro atoms. The van der Waals surface area contributed by atoms with E-state index in [0.29, 0.717) is 12.3 Å². The van der Waals surface area contributed by atoms with Crippen molar-refractivity contribution in [2.24, 2.45) is 11.8 Å². The number of rotatable bonds is 18. The molecule has 0 radical (unpaired) electrons. The van der Waals surface area contributed by atoms with Crippen molar-refractivity contribution in [2.75, 3.05) is 0 Å². The van der Waals surface area contributed by atoms with E-state index in [1.165, 1.54) is 19.3 Å². The van der Waals surface area contributed by atoms with Crippen molar-refractivity contribution in [1.82, 2.24) is 0 Å². The maximum atomic E-state index is 11.5. The molecule has 1 saturated carbocycles. The first kappa shape index (κ1) is 43.7. The summed E-state index contributed by atoms with van der Waals surface area (Å²) in [5.74, 6) is 0.882. The highest BCUT2D eigenvalue weighted by Crippen LogP contribution is 2.48. The Morgan fingerprint density at radius 3 is 1.76 bits per heavy atom. The third-order valence-corrected chi connectivity index (χ3v) is 25.3.